The maximum absolute atomic E-state index is 11.8. The Morgan fingerprint density at radius 3 is 2.18 bits per heavy atom. The van der Waals surface area contributed by atoms with Crippen molar-refractivity contribution in [2.45, 2.75) is 19.8 Å². The molecule has 146 valence electrons. The van der Waals surface area contributed by atoms with E-state index >= 15 is 0 Å². The van der Waals surface area contributed by atoms with Gasteiger partial charge >= 0.3 is 17.9 Å². The summed E-state index contributed by atoms with van der Waals surface area (Å²) in [7, 11) is 0. The monoisotopic (exact) mass is 383 g/mol. The number of esters is 3. The Balaban J connectivity index is 1.71. The van der Waals surface area contributed by atoms with Crippen LogP contribution in [0.5, 0.6) is 5.75 Å². The van der Waals surface area contributed by atoms with Crippen molar-refractivity contribution in [1.29, 1.82) is 0 Å². The first-order valence-electron chi connectivity index (χ1n) is 8.72. The topological polar surface area (TPSA) is 91.3 Å². The summed E-state index contributed by atoms with van der Waals surface area (Å²) in [5, 5.41) is 0. The van der Waals surface area contributed by atoms with Crippen LogP contribution >= 0.6 is 0 Å². The highest BCUT2D eigenvalue weighted by molar-refractivity contribution is 5.82. The zero-order chi connectivity index (χ0) is 20.2. The maximum Gasteiger partial charge on any atom is 0.311 e. The van der Waals surface area contributed by atoms with Crippen molar-refractivity contribution in [3.63, 3.8) is 0 Å². The van der Waals surface area contributed by atoms with E-state index in [1.807, 2.05) is 30.3 Å². The normalized spacial score (nSPS) is 10.5. The van der Waals surface area contributed by atoms with Crippen LogP contribution in [0.3, 0.4) is 0 Å². The van der Waals surface area contributed by atoms with Crippen LogP contribution in [0.4, 0.5) is 5.69 Å². The van der Waals surface area contributed by atoms with E-state index in [9.17, 15) is 14.4 Å². The van der Waals surface area contributed by atoms with Crippen LogP contribution in [0.1, 0.15) is 25.3 Å². The number of hydrogen-bond acceptors (Lipinski definition) is 7. The van der Waals surface area contributed by atoms with Crippen LogP contribution < -0.4 is 4.74 Å². The second-order valence-corrected chi connectivity index (χ2v) is 5.70. The largest absolute Gasteiger partial charge is 0.462 e. The summed E-state index contributed by atoms with van der Waals surface area (Å²) >= 11 is 0. The lowest BCUT2D eigenvalue weighted by Gasteiger charge is -2.06. The number of benzene rings is 2. The third-order valence-corrected chi connectivity index (χ3v) is 3.42. The Bertz CT molecular complexity index is 815. The van der Waals surface area contributed by atoms with Crippen LogP contribution in [0.15, 0.2) is 59.6 Å². The van der Waals surface area contributed by atoms with Gasteiger partial charge in [-0.25, -0.2) is 0 Å². The van der Waals surface area contributed by atoms with E-state index in [0.29, 0.717) is 5.75 Å². The Morgan fingerprint density at radius 1 is 0.857 bits per heavy atom. The van der Waals surface area contributed by atoms with Crippen molar-refractivity contribution in [2.75, 3.05) is 13.2 Å². The molecule has 0 aliphatic rings. The molecule has 0 fully saturated rings. The third-order valence-electron chi connectivity index (χ3n) is 3.42. The number of hydrogen-bond donors (Lipinski definition) is 0. The summed E-state index contributed by atoms with van der Waals surface area (Å²) in [4.78, 5) is 38.2. The molecule has 0 radical (unpaired) electrons. The number of aliphatic imine (C=N–C) groups is 1. The molecule has 0 amide bonds. The van der Waals surface area contributed by atoms with Crippen molar-refractivity contribution in [2.24, 2.45) is 4.99 Å². The molecule has 28 heavy (non-hydrogen) atoms. The summed E-state index contributed by atoms with van der Waals surface area (Å²) in [6.45, 7) is 1.21. The number of rotatable bonds is 9. The van der Waals surface area contributed by atoms with E-state index in [-0.39, 0.29) is 26.1 Å². The molecule has 0 saturated heterocycles. The molecule has 0 saturated carbocycles. The van der Waals surface area contributed by atoms with E-state index in [1.165, 1.54) is 6.92 Å². The lowest BCUT2D eigenvalue weighted by atomic mass is 10.2. The molecule has 0 heterocycles. The van der Waals surface area contributed by atoms with Crippen LogP contribution in [0, 0.1) is 0 Å². The number of para-hydroxylation sites is 1. The molecule has 0 bridgehead atoms. The highest BCUT2D eigenvalue weighted by Gasteiger charge is 2.10. The van der Waals surface area contributed by atoms with E-state index in [1.54, 1.807) is 30.5 Å². The second kappa shape index (κ2) is 11.3. The standard InChI is InChI=1S/C21H21NO6/c1-16(23)26-13-14-27-20(24)11-12-21(25)28-19-9-7-17(8-10-19)15-22-18-5-3-2-4-6-18/h2-10,15H,11-14H2,1H3. The Morgan fingerprint density at radius 2 is 1.50 bits per heavy atom. The van der Waals surface area contributed by atoms with Gasteiger partial charge in [-0.2, -0.15) is 0 Å². The van der Waals surface area contributed by atoms with Crippen LogP contribution in [0.2, 0.25) is 0 Å². The first-order valence-corrected chi connectivity index (χ1v) is 8.72. The molecule has 7 nitrogen and oxygen atoms in total. The summed E-state index contributed by atoms with van der Waals surface area (Å²) in [5.74, 6) is -1.17. The van der Waals surface area contributed by atoms with Gasteiger partial charge in [-0.15, -0.1) is 0 Å². The highest BCUT2D eigenvalue weighted by atomic mass is 16.6. The van der Waals surface area contributed by atoms with Crippen molar-refractivity contribution in [1.82, 2.24) is 0 Å². The molecule has 0 N–H and O–H groups in total. The Hall–Kier alpha value is -3.48. The Labute approximate surface area is 162 Å². The van der Waals surface area contributed by atoms with Gasteiger partial charge in [0.05, 0.1) is 18.5 Å². The molecule has 0 aromatic heterocycles. The van der Waals surface area contributed by atoms with Crippen LogP contribution in [-0.4, -0.2) is 37.3 Å². The summed E-state index contributed by atoms with van der Waals surface area (Å²) in [6.07, 6.45) is 1.50. The molecule has 2 aromatic carbocycles. The van der Waals surface area contributed by atoms with Gasteiger partial charge in [0, 0.05) is 13.1 Å². The molecule has 0 atom stereocenters. The lowest BCUT2D eigenvalue weighted by molar-refractivity contribution is -0.152. The van der Waals surface area contributed by atoms with Gasteiger partial charge in [0.15, 0.2) is 0 Å². The number of carbonyl (C=O) groups is 3. The van der Waals surface area contributed by atoms with Gasteiger partial charge in [0.2, 0.25) is 0 Å². The fourth-order valence-corrected chi connectivity index (χ4v) is 2.08. The lowest BCUT2D eigenvalue weighted by Crippen LogP contribution is -2.15. The summed E-state index contributed by atoms with van der Waals surface area (Å²) in [5.41, 5.74) is 1.71. The van der Waals surface area contributed by atoms with Gasteiger partial charge in [0.1, 0.15) is 19.0 Å². The molecule has 0 aliphatic carbocycles. The average Bonchev–Trinajstić information content (AvgIpc) is 2.70. The van der Waals surface area contributed by atoms with Gasteiger partial charge in [0.25, 0.3) is 0 Å². The van der Waals surface area contributed by atoms with Crippen molar-refractivity contribution in [3.05, 3.63) is 60.2 Å². The smallest absolute Gasteiger partial charge is 0.311 e. The van der Waals surface area contributed by atoms with Crippen LogP contribution in [0.25, 0.3) is 0 Å². The van der Waals surface area contributed by atoms with Crippen LogP contribution in [-0.2, 0) is 23.9 Å². The van der Waals surface area contributed by atoms with Crippen molar-refractivity contribution < 1.29 is 28.6 Å². The minimum absolute atomic E-state index is 0.00849. The molecule has 0 aliphatic heterocycles. The number of nitrogens with zero attached hydrogens (tertiary/aromatic N) is 1. The summed E-state index contributed by atoms with van der Waals surface area (Å²) in [6, 6.07) is 16.4. The van der Waals surface area contributed by atoms with E-state index in [2.05, 4.69) is 9.73 Å². The fraction of sp³-hybridized carbons (Fsp3) is 0.238. The molecule has 0 spiro atoms. The first kappa shape index (κ1) is 20.8. The zero-order valence-corrected chi connectivity index (χ0v) is 15.5. The van der Waals surface area contributed by atoms with E-state index in [4.69, 9.17) is 9.47 Å². The SMILES string of the molecule is CC(=O)OCCOC(=O)CCC(=O)Oc1ccc(C=Nc2ccccc2)cc1. The van der Waals surface area contributed by atoms with Gasteiger partial charge in [-0.05, 0) is 42.0 Å². The second-order valence-electron chi connectivity index (χ2n) is 5.70. The molecule has 7 heteroatoms. The van der Waals surface area contributed by atoms with E-state index in [0.717, 1.165) is 11.3 Å². The zero-order valence-electron chi connectivity index (χ0n) is 15.5. The molecule has 0 unspecified atom stereocenters. The van der Waals surface area contributed by atoms with Gasteiger partial charge in [-0.3, -0.25) is 19.4 Å². The van der Waals surface area contributed by atoms with Crippen molar-refractivity contribution in [3.8, 4) is 5.75 Å². The first-order chi connectivity index (χ1) is 13.5. The molecular formula is C21H21NO6. The quantitative estimate of drug-likeness (QED) is 0.286. The number of carbonyl (C=O) groups excluding carboxylic acids is 3. The molecular weight excluding hydrogens is 362 g/mol. The van der Waals surface area contributed by atoms with Crippen molar-refractivity contribution >= 4 is 29.8 Å². The minimum Gasteiger partial charge on any atom is -0.462 e. The molecule has 2 rings (SSSR count). The predicted molar refractivity (Wildman–Crippen MR) is 103 cm³/mol. The maximum atomic E-state index is 11.8. The summed E-state index contributed by atoms with van der Waals surface area (Å²) < 4.78 is 14.6. The third kappa shape index (κ3) is 8.27. The van der Waals surface area contributed by atoms with Gasteiger partial charge < -0.3 is 14.2 Å². The minimum atomic E-state index is -0.559. The number of ether oxygens (including phenoxy) is 3. The van der Waals surface area contributed by atoms with E-state index < -0.39 is 17.9 Å². The van der Waals surface area contributed by atoms with Gasteiger partial charge in [-0.1, -0.05) is 18.2 Å². The average molecular weight is 383 g/mol. The fourth-order valence-electron chi connectivity index (χ4n) is 2.08. The highest BCUT2D eigenvalue weighted by Crippen LogP contribution is 2.14. The predicted octanol–water partition coefficient (Wildman–Crippen LogP) is 3.23. The molecule has 2 aromatic rings. The Kier molecular flexibility index (Phi) is 8.39.